The average Bonchev–Trinajstić information content (AvgIpc) is 2.12. The molecule has 0 N–H and O–H groups in total. The minimum atomic E-state index is 0. The van der Waals surface area contributed by atoms with Crippen molar-refractivity contribution in [3.05, 3.63) is 24.0 Å². The fraction of sp³-hybridized carbons (Fsp3) is 0.429. The standard InChI is InChI=1S/C7H10N.K/c1-6(2)7-3-4-8-5-7;/h3-6H,1-2H3;/q-1;+1. The first kappa shape index (κ1) is 9.92. The molecule has 0 aromatic carbocycles. The van der Waals surface area contributed by atoms with Crippen molar-refractivity contribution < 1.29 is 51.4 Å². The van der Waals surface area contributed by atoms with E-state index in [0.29, 0.717) is 5.92 Å². The summed E-state index contributed by atoms with van der Waals surface area (Å²) < 4.78 is 0. The summed E-state index contributed by atoms with van der Waals surface area (Å²) >= 11 is 0. The zero-order valence-corrected chi connectivity index (χ0v) is 9.38. The van der Waals surface area contributed by atoms with Gasteiger partial charge in [0.2, 0.25) is 0 Å². The second-order valence-electron chi connectivity index (χ2n) is 2.25. The third-order valence-electron chi connectivity index (χ3n) is 1.24. The molecule has 0 aliphatic carbocycles. The molecule has 0 saturated heterocycles. The van der Waals surface area contributed by atoms with Gasteiger partial charge in [0.1, 0.15) is 0 Å². The van der Waals surface area contributed by atoms with Gasteiger partial charge in [-0.2, -0.15) is 12.4 Å². The van der Waals surface area contributed by atoms with Crippen molar-refractivity contribution >= 4 is 0 Å². The Hall–Kier alpha value is 0.916. The Morgan fingerprint density at radius 2 is 2.11 bits per heavy atom. The van der Waals surface area contributed by atoms with E-state index in [-0.39, 0.29) is 51.4 Å². The minimum absolute atomic E-state index is 0. The Morgan fingerprint density at radius 3 is 2.33 bits per heavy atom. The maximum atomic E-state index is 3.94. The van der Waals surface area contributed by atoms with E-state index in [1.165, 1.54) is 5.56 Å². The molecule has 2 heteroatoms. The molecule has 0 radical (unpaired) electrons. The van der Waals surface area contributed by atoms with Crippen molar-refractivity contribution in [3.8, 4) is 0 Å². The molecule has 0 fully saturated rings. The van der Waals surface area contributed by atoms with Gasteiger partial charge in [0.15, 0.2) is 0 Å². The first-order chi connectivity index (χ1) is 3.80. The topological polar surface area (TPSA) is 14.1 Å². The number of hydrogen-bond donors (Lipinski definition) is 0. The molecule has 0 aliphatic rings. The van der Waals surface area contributed by atoms with Gasteiger partial charge in [-0.15, -0.1) is 0 Å². The minimum Gasteiger partial charge on any atom is -0.670 e. The van der Waals surface area contributed by atoms with Crippen LogP contribution in [0.2, 0.25) is 0 Å². The summed E-state index contributed by atoms with van der Waals surface area (Å²) in [6.45, 7) is 4.33. The van der Waals surface area contributed by atoms with Gasteiger partial charge in [0, 0.05) is 0 Å². The van der Waals surface area contributed by atoms with E-state index < -0.39 is 0 Å². The van der Waals surface area contributed by atoms with Crippen LogP contribution in [0.4, 0.5) is 0 Å². The molecule has 9 heavy (non-hydrogen) atoms. The molecule has 1 nitrogen and oxygen atoms in total. The van der Waals surface area contributed by atoms with Gasteiger partial charge in [0.25, 0.3) is 0 Å². The van der Waals surface area contributed by atoms with Crippen LogP contribution in [0.15, 0.2) is 18.5 Å². The molecule has 0 unspecified atom stereocenters. The van der Waals surface area contributed by atoms with Gasteiger partial charge in [-0.25, -0.2) is 0 Å². The molecule has 0 spiro atoms. The Bertz CT molecular complexity index is 144. The van der Waals surface area contributed by atoms with E-state index in [9.17, 15) is 0 Å². The van der Waals surface area contributed by atoms with Gasteiger partial charge in [-0.3, -0.25) is 0 Å². The van der Waals surface area contributed by atoms with Crippen LogP contribution in [0.25, 0.3) is 0 Å². The van der Waals surface area contributed by atoms with Crippen LogP contribution in [-0.4, -0.2) is 0 Å². The molecule has 44 valence electrons. The zero-order valence-electron chi connectivity index (χ0n) is 6.26. The number of hydrogen-bond acceptors (Lipinski definition) is 0. The van der Waals surface area contributed by atoms with E-state index in [1.54, 1.807) is 0 Å². The normalized spacial score (nSPS) is 9.22. The third kappa shape index (κ3) is 3.00. The van der Waals surface area contributed by atoms with Crippen molar-refractivity contribution in [1.82, 2.24) is 4.98 Å². The van der Waals surface area contributed by atoms with Gasteiger partial charge in [-0.05, 0) is 5.92 Å². The molecule has 1 heterocycles. The van der Waals surface area contributed by atoms with Crippen molar-refractivity contribution in [3.63, 3.8) is 0 Å². The van der Waals surface area contributed by atoms with Gasteiger partial charge >= 0.3 is 51.4 Å². The molecular formula is C7H10KN. The van der Waals surface area contributed by atoms with Gasteiger partial charge in [-0.1, -0.05) is 25.5 Å². The molecule has 0 atom stereocenters. The summed E-state index contributed by atoms with van der Waals surface area (Å²) in [6.07, 6.45) is 3.74. The molecular weight excluding hydrogens is 137 g/mol. The first-order valence-electron chi connectivity index (χ1n) is 2.87. The number of aromatic nitrogens is 1. The molecule has 1 rings (SSSR count). The quantitative estimate of drug-likeness (QED) is 0.454. The maximum absolute atomic E-state index is 3.94. The van der Waals surface area contributed by atoms with E-state index in [4.69, 9.17) is 0 Å². The number of nitrogens with zero attached hydrogens (tertiary/aromatic N) is 1. The largest absolute Gasteiger partial charge is 1.00 e. The van der Waals surface area contributed by atoms with Crippen LogP contribution in [0.3, 0.4) is 0 Å². The van der Waals surface area contributed by atoms with Crippen molar-refractivity contribution in [2.24, 2.45) is 0 Å². The van der Waals surface area contributed by atoms with Gasteiger partial charge in [0.05, 0.1) is 0 Å². The Kier molecular flexibility index (Phi) is 5.17. The maximum Gasteiger partial charge on any atom is 1.00 e. The van der Waals surface area contributed by atoms with Crippen LogP contribution < -0.4 is 56.4 Å². The van der Waals surface area contributed by atoms with Crippen molar-refractivity contribution in [1.29, 1.82) is 0 Å². The Morgan fingerprint density at radius 1 is 1.44 bits per heavy atom. The summed E-state index contributed by atoms with van der Waals surface area (Å²) in [7, 11) is 0. The van der Waals surface area contributed by atoms with E-state index >= 15 is 0 Å². The van der Waals surface area contributed by atoms with Crippen molar-refractivity contribution in [2.45, 2.75) is 19.8 Å². The average molecular weight is 147 g/mol. The first-order valence-corrected chi connectivity index (χ1v) is 2.87. The van der Waals surface area contributed by atoms with E-state index in [1.807, 2.05) is 18.5 Å². The van der Waals surface area contributed by atoms with Crippen LogP contribution in [-0.2, 0) is 0 Å². The predicted molar refractivity (Wildman–Crippen MR) is 33.9 cm³/mol. The summed E-state index contributed by atoms with van der Waals surface area (Å²) in [4.78, 5) is 3.94. The van der Waals surface area contributed by atoms with E-state index in [2.05, 4.69) is 18.8 Å². The van der Waals surface area contributed by atoms with Crippen LogP contribution in [0, 0.1) is 0 Å². The smallest absolute Gasteiger partial charge is 0.670 e. The SMILES string of the molecule is CC(C)c1cc[n-]c1.[K+]. The molecule has 0 amide bonds. The van der Waals surface area contributed by atoms with Crippen LogP contribution in [0.1, 0.15) is 25.3 Å². The summed E-state index contributed by atoms with van der Waals surface area (Å²) in [6, 6.07) is 2.05. The zero-order chi connectivity index (χ0) is 5.98. The van der Waals surface area contributed by atoms with Crippen molar-refractivity contribution in [2.75, 3.05) is 0 Å². The summed E-state index contributed by atoms with van der Waals surface area (Å²) in [5, 5.41) is 0. The molecule has 0 saturated carbocycles. The summed E-state index contributed by atoms with van der Waals surface area (Å²) in [5.74, 6) is 0.623. The second kappa shape index (κ2) is 4.69. The molecule has 1 aromatic heterocycles. The predicted octanol–water partition coefficient (Wildman–Crippen LogP) is -1.23. The van der Waals surface area contributed by atoms with Gasteiger partial charge < -0.3 is 4.98 Å². The Labute approximate surface area is 98.7 Å². The molecule has 0 aliphatic heterocycles. The fourth-order valence-electron chi connectivity index (χ4n) is 0.643. The fourth-order valence-corrected chi connectivity index (χ4v) is 0.643. The van der Waals surface area contributed by atoms with Crippen LogP contribution in [0.5, 0.6) is 0 Å². The molecule has 1 aromatic rings. The second-order valence-corrected chi connectivity index (χ2v) is 2.25. The van der Waals surface area contributed by atoms with E-state index in [0.717, 1.165) is 0 Å². The monoisotopic (exact) mass is 147 g/mol. The third-order valence-corrected chi connectivity index (χ3v) is 1.24. The van der Waals surface area contributed by atoms with Crippen LogP contribution >= 0.6 is 0 Å². The summed E-state index contributed by atoms with van der Waals surface area (Å²) in [5.41, 5.74) is 1.32. The number of rotatable bonds is 1. The Balaban J connectivity index is 0.000000640. The molecule has 0 bridgehead atoms.